The van der Waals surface area contributed by atoms with Gasteiger partial charge in [0.15, 0.2) is 0 Å². The van der Waals surface area contributed by atoms with Gasteiger partial charge in [-0.1, -0.05) is 237 Å². The summed E-state index contributed by atoms with van der Waals surface area (Å²) in [6.45, 7) is 0. The van der Waals surface area contributed by atoms with Gasteiger partial charge in [-0.3, -0.25) is 4.98 Å². The van der Waals surface area contributed by atoms with E-state index in [4.69, 9.17) is 15.0 Å². The molecular weight excluding hydrogens is 1010 g/mol. The molecule has 0 saturated carbocycles. The van der Waals surface area contributed by atoms with Crippen molar-refractivity contribution in [2.45, 2.75) is 0 Å². The van der Waals surface area contributed by atoms with E-state index < -0.39 is 0 Å². The number of rotatable bonds is 2. The average molecular weight is 1070 g/mol. The van der Waals surface area contributed by atoms with Gasteiger partial charge in [-0.2, -0.15) is 0 Å². The number of hydrogen-bond donors (Lipinski definition) is 0. The second kappa shape index (κ2) is 20.4. The topological polar surface area (TPSA) is 38.7 Å². The van der Waals surface area contributed by atoms with Gasteiger partial charge < -0.3 is 0 Å². The number of pyridine rings is 3. The molecule has 12 aromatic carbocycles. The molecule has 15 aromatic rings. The number of fused-ring (bicyclic) bond motifs is 1. The first kappa shape index (κ1) is 48.7. The Balaban J connectivity index is 0.809. The Bertz CT molecular complexity index is 4780. The monoisotopic (exact) mass is 1070 g/mol. The molecule has 0 amide bonds. The minimum atomic E-state index is 0.897. The van der Waals surface area contributed by atoms with E-state index in [-0.39, 0.29) is 0 Å². The molecule has 0 radical (unpaired) electrons. The fraction of sp³-hybridized carbons (Fsp3) is 0. The highest BCUT2D eigenvalue weighted by molar-refractivity contribution is 6.04. The summed E-state index contributed by atoms with van der Waals surface area (Å²) in [4.78, 5) is 15.5. The molecule has 0 aliphatic carbocycles. The normalized spacial score (nSPS) is 11.6. The molecule has 0 unspecified atom stereocenters. The highest BCUT2D eigenvalue weighted by Gasteiger charge is 2.15. The van der Waals surface area contributed by atoms with Crippen LogP contribution in [0.5, 0.6) is 0 Å². The van der Waals surface area contributed by atoms with Crippen LogP contribution in [0.3, 0.4) is 0 Å². The molecule has 390 valence electrons. The number of hydrogen-bond acceptors (Lipinski definition) is 3. The lowest BCUT2D eigenvalue weighted by Gasteiger charge is -2.14. The molecule has 0 fully saturated rings. The maximum absolute atomic E-state index is 5.29. The van der Waals surface area contributed by atoms with E-state index in [1.807, 2.05) is 6.20 Å². The largest absolute Gasteiger partial charge is 0.256 e. The van der Waals surface area contributed by atoms with E-state index in [9.17, 15) is 0 Å². The van der Waals surface area contributed by atoms with Crippen LogP contribution in [0.4, 0.5) is 0 Å². The molecule has 0 N–H and O–H groups in total. The number of aromatic nitrogens is 3. The third kappa shape index (κ3) is 9.20. The highest BCUT2D eigenvalue weighted by Crippen LogP contribution is 2.39. The molecular formula is C81H51N3. The summed E-state index contributed by atoms with van der Waals surface area (Å²) in [5.41, 5.74) is 28.6. The maximum Gasteiger partial charge on any atom is 0.0972 e. The third-order valence-corrected chi connectivity index (χ3v) is 16.8. The van der Waals surface area contributed by atoms with Crippen molar-refractivity contribution in [2.24, 2.45) is 0 Å². The molecule has 10 heterocycles. The molecule has 7 aliphatic rings. The van der Waals surface area contributed by atoms with Crippen molar-refractivity contribution in [1.82, 2.24) is 15.0 Å². The van der Waals surface area contributed by atoms with Gasteiger partial charge in [0.2, 0.25) is 0 Å². The van der Waals surface area contributed by atoms with E-state index in [2.05, 4.69) is 303 Å². The Kier molecular flexibility index (Phi) is 11.9. The summed E-state index contributed by atoms with van der Waals surface area (Å²) < 4.78 is 0. The Hall–Kier alpha value is -11.1. The molecule has 3 nitrogen and oxygen atoms in total. The van der Waals surface area contributed by atoms with Crippen LogP contribution in [0.1, 0.15) is 0 Å². The van der Waals surface area contributed by atoms with Gasteiger partial charge >= 0.3 is 0 Å². The van der Waals surface area contributed by atoms with Crippen molar-refractivity contribution in [2.75, 3.05) is 0 Å². The fourth-order valence-electron chi connectivity index (χ4n) is 12.2. The minimum absolute atomic E-state index is 0.897. The summed E-state index contributed by atoms with van der Waals surface area (Å²) in [6.07, 6.45) is 1.98. The van der Waals surface area contributed by atoms with E-state index in [0.29, 0.717) is 0 Å². The summed E-state index contributed by atoms with van der Waals surface area (Å²) in [6, 6.07) is 111. The van der Waals surface area contributed by atoms with Gasteiger partial charge in [-0.25, -0.2) is 9.97 Å². The number of nitrogens with zero attached hydrogens (tertiary/aromatic N) is 3. The van der Waals surface area contributed by atoms with Crippen LogP contribution >= 0.6 is 0 Å². The van der Waals surface area contributed by atoms with E-state index in [1.165, 1.54) is 27.6 Å². The SMILES string of the molecule is c1cc2cc(c1)-c1ccc(cc1)-c1ccc3ccc4ccc(nc4c3n1)-c1ccc(cc1)-c1cccc(c1)-c1ccc(cc1)-c1cccc(c1)-c1cc(cc(-c3cccc(-c4cc5ccccc5cn4)c3)c1)-c1cccc(c1)-c1ccc-2cc1. The Morgan fingerprint density at radius 1 is 0.155 bits per heavy atom. The lowest BCUT2D eigenvalue weighted by molar-refractivity contribution is 1.36. The van der Waals surface area contributed by atoms with E-state index >= 15 is 0 Å². The predicted octanol–water partition coefficient (Wildman–Crippen LogP) is 21.6. The van der Waals surface area contributed by atoms with Crippen LogP contribution in [-0.2, 0) is 0 Å². The van der Waals surface area contributed by atoms with Crippen LogP contribution < -0.4 is 0 Å². The lowest BCUT2D eigenvalue weighted by Crippen LogP contribution is -1.91. The van der Waals surface area contributed by atoms with Crippen molar-refractivity contribution in [3.63, 3.8) is 0 Å². The summed E-state index contributed by atoms with van der Waals surface area (Å²) >= 11 is 0. The van der Waals surface area contributed by atoms with Gasteiger partial charge in [0.05, 0.1) is 28.1 Å². The Morgan fingerprint density at radius 2 is 0.429 bits per heavy atom. The maximum atomic E-state index is 5.29. The standard InChI is InChI=1S/C81H51N3/c1-2-9-73-51-82-79(50-71(73)8-1)72-19-7-18-70(46-72)76-48-74-47-75(49-76)69-17-6-15-67(45-69)55-26-22-53(23-27-55)63-11-4-13-65(43-63)57-30-34-59(35-31-57)78-41-39-61-37-36-60-38-40-77(83-80(60)81(61)84-78)58-32-28-56(29-33-58)64-12-3-10-62(42-64)52-20-24-54(25-21-52)66-14-5-16-68(74)44-66/h1-51H. The summed E-state index contributed by atoms with van der Waals surface area (Å²) in [7, 11) is 0. The first-order valence-electron chi connectivity index (χ1n) is 28.7. The number of benzene rings is 12. The zero-order chi connectivity index (χ0) is 55.5. The van der Waals surface area contributed by atoms with E-state index in [1.54, 1.807) is 0 Å². The van der Waals surface area contributed by atoms with Gasteiger partial charge in [-0.15, -0.1) is 0 Å². The van der Waals surface area contributed by atoms with Crippen molar-refractivity contribution in [3.8, 4) is 134 Å². The molecule has 0 saturated heterocycles. The van der Waals surface area contributed by atoms with Crippen molar-refractivity contribution in [1.29, 1.82) is 0 Å². The van der Waals surface area contributed by atoms with Gasteiger partial charge in [0, 0.05) is 39.0 Å². The van der Waals surface area contributed by atoms with Crippen LogP contribution in [0.25, 0.3) is 166 Å². The lowest BCUT2D eigenvalue weighted by atomic mass is 9.90. The molecule has 84 heavy (non-hydrogen) atoms. The van der Waals surface area contributed by atoms with Crippen LogP contribution in [-0.4, -0.2) is 15.0 Å². The summed E-state index contributed by atoms with van der Waals surface area (Å²) in [5.74, 6) is 0. The van der Waals surface area contributed by atoms with Gasteiger partial charge in [-0.05, 0) is 172 Å². The molecule has 7 aliphatic heterocycles. The average Bonchev–Trinajstić information content (AvgIpc) is 3.06. The quantitative estimate of drug-likeness (QED) is 0.162. The smallest absolute Gasteiger partial charge is 0.0972 e. The van der Waals surface area contributed by atoms with Gasteiger partial charge in [0.25, 0.3) is 0 Å². The second-order valence-electron chi connectivity index (χ2n) is 22.0. The molecule has 22 bridgehead atoms. The summed E-state index contributed by atoms with van der Waals surface area (Å²) in [5, 5.41) is 4.43. The van der Waals surface area contributed by atoms with Crippen LogP contribution in [0.2, 0.25) is 0 Å². The molecule has 0 spiro atoms. The Labute approximate surface area is 488 Å². The first-order chi connectivity index (χ1) is 41.5. The Morgan fingerprint density at radius 3 is 0.786 bits per heavy atom. The minimum Gasteiger partial charge on any atom is -0.256 e. The fourth-order valence-corrected chi connectivity index (χ4v) is 12.2. The molecule has 3 heteroatoms. The first-order valence-corrected chi connectivity index (χ1v) is 28.7. The highest BCUT2D eigenvalue weighted by atomic mass is 14.8. The molecule has 3 aromatic heterocycles. The van der Waals surface area contributed by atoms with Gasteiger partial charge in [0.1, 0.15) is 0 Å². The van der Waals surface area contributed by atoms with Crippen molar-refractivity contribution < 1.29 is 0 Å². The third-order valence-electron chi connectivity index (χ3n) is 16.8. The van der Waals surface area contributed by atoms with Crippen molar-refractivity contribution >= 4 is 32.6 Å². The van der Waals surface area contributed by atoms with E-state index in [0.717, 1.165) is 139 Å². The molecule has 22 rings (SSSR count). The zero-order valence-electron chi connectivity index (χ0n) is 45.8. The second-order valence-corrected chi connectivity index (χ2v) is 22.0. The van der Waals surface area contributed by atoms with Crippen molar-refractivity contribution in [3.05, 3.63) is 310 Å². The zero-order valence-corrected chi connectivity index (χ0v) is 45.8. The molecule has 0 atom stereocenters. The van der Waals surface area contributed by atoms with Crippen LogP contribution in [0, 0.1) is 0 Å². The predicted molar refractivity (Wildman–Crippen MR) is 351 cm³/mol. The van der Waals surface area contributed by atoms with Crippen LogP contribution in [0.15, 0.2) is 310 Å².